The monoisotopic (exact) mass is 422 g/mol. The molecule has 1 heteroatoms. The first-order chi connectivity index (χ1) is 14.8. The number of aryl methyl sites for hydroxylation is 3. The predicted molar refractivity (Wildman–Crippen MR) is 139 cm³/mol. The summed E-state index contributed by atoms with van der Waals surface area (Å²) in [7, 11) is -1.43. The standard InChI is InChI=1S/C30H34Si/c1-20-11-10-14-27(16-20)31(28-17-21(2)15-22(3)18-28)19-29-24(5)23(4)25(6)30(29)26-12-8-7-9-13-26/h7-18,30-31H,19H2,1-6H3. The normalized spacial score (nSPS) is 17.4. The van der Waals surface area contributed by atoms with E-state index in [0.29, 0.717) is 5.92 Å². The van der Waals surface area contributed by atoms with Crippen LogP contribution in [0.15, 0.2) is 95.1 Å². The van der Waals surface area contributed by atoms with Crippen LogP contribution < -0.4 is 10.4 Å². The topological polar surface area (TPSA) is 0 Å². The zero-order valence-electron chi connectivity index (χ0n) is 19.8. The molecular weight excluding hydrogens is 388 g/mol. The highest BCUT2D eigenvalue weighted by Gasteiger charge is 2.31. The van der Waals surface area contributed by atoms with Crippen LogP contribution in [-0.4, -0.2) is 8.80 Å². The van der Waals surface area contributed by atoms with Gasteiger partial charge in [0.15, 0.2) is 0 Å². The number of hydrogen-bond acceptors (Lipinski definition) is 0. The van der Waals surface area contributed by atoms with Crippen LogP contribution >= 0.6 is 0 Å². The fourth-order valence-electron chi connectivity index (χ4n) is 5.34. The molecule has 1 aliphatic carbocycles. The van der Waals surface area contributed by atoms with Crippen LogP contribution in [0.2, 0.25) is 6.04 Å². The maximum absolute atomic E-state index is 2.45. The summed E-state index contributed by atoms with van der Waals surface area (Å²) < 4.78 is 0. The smallest absolute Gasteiger partial charge is 0.0629 e. The quantitative estimate of drug-likeness (QED) is 0.417. The molecule has 0 fully saturated rings. The van der Waals surface area contributed by atoms with Crippen LogP contribution in [0.3, 0.4) is 0 Å². The van der Waals surface area contributed by atoms with E-state index in [2.05, 4.69) is 114 Å². The lowest BCUT2D eigenvalue weighted by molar-refractivity contribution is 0.932. The maximum atomic E-state index is 2.45. The first-order valence-electron chi connectivity index (χ1n) is 11.4. The molecule has 0 nitrogen and oxygen atoms in total. The summed E-state index contributed by atoms with van der Waals surface area (Å²) in [6.07, 6.45) is 0. The molecule has 3 aromatic carbocycles. The second-order valence-corrected chi connectivity index (χ2v) is 12.2. The molecule has 0 saturated heterocycles. The van der Waals surface area contributed by atoms with Gasteiger partial charge in [-0.1, -0.05) is 111 Å². The molecule has 3 aromatic rings. The molecule has 0 amide bonds. The number of hydrogen-bond donors (Lipinski definition) is 0. The molecule has 0 heterocycles. The third-order valence-electron chi connectivity index (χ3n) is 7.06. The molecule has 31 heavy (non-hydrogen) atoms. The summed E-state index contributed by atoms with van der Waals surface area (Å²) in [5, 5.41) is 3.12. The minimum Gasteiger partial charge on any atom is -0.0629 e. The zero-order chi connectivity index (χ0) is 22.1. The van der Waals surface area contributed by atoms with Crippen molar-refractivity contribution in [2.45, 2.75) is 53.5 Å². The number of allylic oxidation sites excluding steroid dienone is 4. The fourth-order valence-corrected chi connectivity index (χ4v) is 8.92. The highest BCUT2D eigenvalue weighted by molar-refractivity contribution is 6.85. The highest BCUT2D eigenvalue weighted by Crippen LogP contribution is 2.45. The summed E-state index contributed by atoms with van der Waals surface area (Å²) in [4.78, 5) is 0. The van der Waals surface area contributed by atoms with E-state index in [9.17, 15) is 0 Å². The van der Waals surface area contributed by atoms with Gasteiger partial charge in [0.1, 0.15) is 8.80 Å². The van der Waals surface area contributed by atoms with Crippen LogP contribution in [0, 0.1) is 20.8 Å². The van der Waals surface area contributed by atoms with E-state index in [1.54, 1.807) is 15.9 Å². The van der Waals surface area contributed by atoms with Gasteiger partial charge in [-0.25, -0.2) is 0 Å². The van der Waals surface area contributed by atoms with E-state index in [0.717, 1.165) is 0 Å². The molecule has 0 aliphatic heterocycles. The van der Waals surface area contributed by atoms with Crippen LogP contribution in [0.1, 0.15) is 48.9 Å². The lowest BCUT2D eigenvalue weighted by Crippen LogP contribution is -2.43. The van der Waals surface area contributed by atoms with Gasteiger partial charge in [0.25, 0.3) is 0 Å². The van der Waals surface area contributed by atoms with Crippen molar-refractivity contribution in [1.29, 1.82) is 0 Å². The van der Waals surface area contributed by atoms with Crippen LogP contribution in [0.4, 0.5) is 0 Å². The Kier molecular flexibility index (Phi) is 6.16. The molecule has 0 spiro atoms. The Balaban J connectivity index is 1.83. The zero-order valence-corrected chi connectivity index (χ0v) is 20.9. The van der Waals surface area contributed by atoms with Crippen LogP contribution in [0.25, 0.3) is 0 Å². The first-order valence-corrected chi connectivity index (χ1v) is 13.4. The summed E-state index contributed by atoms with van der Waals surface area (Å²) in [6.45, 7) is 13.7. The van der Waals surface area contributed by atoms with Gasteiger partial charge in [-0.2, -0.15) is 0 Å². The van der Waals surface area contributed by atoms with Crippen molar-refractivity contribution in [3.63, 3.8) is 0 Å². The molecule has 2 unspecified atom stereocenters. The van der Waals surface area contributed by atoms with Crippen LogP contribution in [-0.2, 0) is 0 Å². The Hall–Kier alpha value is -2.64. The lowest BCUT2D eigenvalue weighted by Gasteiger charge is -2.24. The van der Waals surface area contributed by atoms with Crippen molar-refractivity contribution in [2.75, 3.05) is 0 Å². The van der Waals surface area contributed by atoms with Crippen molar-refractivity contribution in [2.24, 2.45) is 0 Å². The Bertz CT molecular complexity index is 1140. The summed E-state index contributed by atoms with van der Waals surface area (Å²) >= 11 is 0. The van der Waals surface area contributed by atoms with E-state index in [-0.39, 0.29) is 0 Å². The number of rotatable bonds is 5. The van der Waals surface area contributed by atoms with Gasteiger partial charge in [0.2, 0.25) is 0 Å². The molecular formula is C30H34Si. The second-order valence-electron chi connectivity index (χ2n) is 9.39. The van der Waals surface area contributed by atoms with Gasteiger partial charge in [-0.3, -0.25) is 0 Å². The summed E-state index contributed by atoms with van der Waals surface area (Å²) in [5.74, 6) is 0.423. The largest absolute Gasteiger partial charge is 0.107 e. The summed E-state index contributed by atoms with van der Waals surface area (Å²) in [5.41, 5.74) is 11.7. The van der Waals surface area contributed by atoms with Crippen molar-refractivity contribution in [3.8, 4) is 0 Å². The third-order valence-corrected chi connectivity index (χ3v) is 10.2. The van der Waals surface area contributed by atoms with Crippen molar-refractivity contribution in [1.82, 2.24) is 0 Å². The first kappa shape index (κ1) is 21.6. The van der Waals surface area contributed by atoms with Gasteiger partial charge >= 0.3 is 0 Å². The molecule has 2 atom stereocenters. The van der Waals surface area contributed by atoms with Gasteiger partial charge in [-0.15, -0.1) is 0 Å². The molecule has 1 aliphatic rings. The van der Waals surface area contributed by atoms with Gasteiger partial charge in [0, 0.05) is 5.92 Å². The number of benzene rings is 3. The van der Waals surface area contributed by atoms with E-state index in [4.69, 9.17) is 0 Å². The van der Waals surface area contributed by atoms with Gasteiger partial charge in [0.05, 0.1) is 0 Å². The van der Waals surface area contributed by atoms with E-state index in [1.165, 1.54) is 45.0 Å². The van der Waals surface area contributed by atoms with E-state index >= 15 is 0 Å². The Morgan fingerprint density at radius 2 is 1.26 bits per heavy atom. The molecule has 158 valence electrons. The molecule has 0 saturated carbocycles. The predicted octanol–water partition coefficient (Wildman–Crippen LogP) is 6.40. The molecule has 0 radical (unpaired) electrons. The average molecular weight is 423 g/mol. The lowest BCUT2D eigenvalue weighted by atomic mass is 9.89. The Morgan fingerprint density at radius 3 is 1.90 bits per heavy atom. The van der Waals surface area contributed by atoms with E-state index < -0.39 is 8.80 Å². The van der Waals surface area contributed by atoms with Crippen molar-refractivity contribution >= 4 is 19.2 Å². The maximum Gasteiger partial charge on any atom is 0.107 e. The Morgan fingerprint density at radius 1 is 0.613 bits per heavy atom. The SMILES string of the molecule is CC1=C(C)C(c2ccccc2)C(C[SiH](c2cccc(C)c2)c2cc(C)cc(C)c2)=C1C. The molecule has 4 rings (SSSR count). The minimum absolute atomic E-state index is 0.423. The fraction of sp³-hybridized carbons (Fsp3) is 0.267. The molecule has 0 bridgehead atoms. The van der Waals surface area contributed by atoms with Gasteiger partial charge < -0.3 is 0 Å². The second kappa shape index (κ2) is 8.84. The summed E-state index contributed by atoms with van der Waals surface area (Å²) in [6, 6.07) is 28.8. The van der Waals surface area contributed by atoms with Crippen molar-refractivity contribution < 1.29 is 0 Å². The molecule has 0 aromatic heterocycles. The minimum atomic E-state index is -1.43. The third kappa shape index (κ3) is 4.38. The average Bonchev–Trinajstić information content (AvgIpc) is 2.95. The molecule has 0 N–H and O–H groups in total. The van der Waals surface area contributed by atoms with E-state index in [1.807, 2.05) is 0 Å². The highest BCUT2D eigenvalue weighted by atomic mass is 28.3. The van der Waals surface area contributed by atoms with Crippen LogP contribution in [0.5, 0.6) is 0 Å². The van der Waals surface area contributed by atoms with Crippen molar-refractivity contribution in [3.05, 3.63) is 117 Å². The Labute approximate surface area is 190 Å². The van der Waals surface area contributed by atoms with Gasteiger partial charge in [-0.05, 0) is 64.3 Å².